The van der Waals surface area contributed by atoms with E-state index >= 15 is 0 Å². The van der Waals surface area contributed by atoms with Crippen LogP contribution in [0.3, 0.4) is 0 Å². The fraction of sp³-hybridized carbons (Fsp3) is 0.286. The van der Waals surface area contributed by atoms with E-state index in [1.807, 2.05) is 23.6 Å². The van der Waals surface area contributed by atoms with Gasteiger partial charge in [-0.3, -0.25) is 0 Å². The maximum atomic E-state index is 4.88. The van der Waals surface area contributed by atoms with Gasteiger partial charge in [-0.05, 0) is 18.4 Å². The fourth-order valence-electron chi connectivity index (χ4n) is 3.53. The number of anilines is 4. The van der Waals surface area contributed by atoms with Gasteiger partial charge in [0, 0.05) is 42.7 Å². The second-order valence-corrected chi connectivity index (χ2v) is 8.96. The quantitative estimate of drug-likeness (QED) is 0.352. The van der Waals surface area contributed by atoms with E-state index in [0.717, 1.165) is 41.8 Å². The number of aromatic nitrogens is 5. The van der Waals surface area contributed by atoms with Crippen LogP contribution in [-0.4, -0.2) is 57.4 Å². The number of nitrogens with zero attached hydrogens (tertiary/aromatic N) is 6. The molecule has 3 N–H and O–H groups in total. The van der Waals surface area contributed by atoms with Crippen molar-refractivity contribution in [3.05, 3.63) is 47.2 Å². The van der Waals surface area contributed by atoms with Gasteiger partial charge in [0.05, 0.1) is 12.2 Å². The molecule has 0 amide bonds. The molecule has 9 nitrogen and oxygen atoms in total. The number of rotatable bonds is 7. The number of fused-ring (bicyclic) bond motifs is 1. The summed E-state index contributed by atoms with van der Waals surface area (Å²) in [5, 5.41) is 13.2. The Labute approximate surface area is 194 Å². The predicted octanol–water partition coefficient (Wildman–Crippen LogP) is 3.36. The molecule has 1 aromatic carbocycles. The van der Waals surface area contributed by atoms with Gasteiger partial charge in [0.25, 0.3) is 0 Å². The van der Waals surface area contributed by atoms with E-state index in [1.54, 1.807) is 35.6 Å². The van der Waals surface area contributed by atoms with Crippen LogP contribution in [0.4, 0.5) is 23.3 Å². The molecule has 4 heterocycles. The summed E-state index contributed by atoms with van der Waals surface area (Å²) in [4.78, 5) is 26.5. The van der Waals surface area contributed by atoms with Crippen LogP contribution in [0, 0.1) is 0 Å². The van der Waals surface area contributed by atoms with Crippen LogP contribution in [0.15, 0.2) is 47.1 Å². The SMILES string of the molecule is CSc1ccccc1Nc1nc(N2CCNCC2)nc2c(NCc3nccs3)ncnc12. The Morgan fingerprint density at radius 2 is 1.94 bits per heavy atom. The van der Waals surface area contributed by atoms with E-state index in [9.17, 15) is 0 Å². The van der Waals surface area contributed by atoms with Crippen molar-refractivity contribution in [1.29, 1.82) is 0 Å². The molecule has 1 fully saturated rings. The third-order valence-electron chi connectivity index (χ3n) is 5.12. The number of para-hydroxylation sites is 1. The zero-order valence-corrected chi connectivity index (χ0v) is 19.2. The van der Waals surface area contributed by atoms with Crippen LogP contribution in [0.5, 0.6) is 0 Å². The maximum absolute atomic E-state index is 4.88. The number of piperazine rings is 1. The number of hydrogen-bond donors (Lipinski definition) is 3. The lowest BCUT2D eigenvalue weighted by atomic mass is 10.3. The van der Waals surface area contributed by atoms with E-state index in [0.29, 0.717) is 35.2 Å². The monoisotopic (exact) mass is 465 g/mol. The molecule has 5 rings (SSSR count). The van der Waals surface area contributed by atoms with Crippen LogP contribution in [0.2, 0.25) is 0 Å². The highest BCUT2D eigenvalue weighted by atomic mass is 32.2. The number of hydrogen-bond acceptors (Lipinski definition) is 11. The van der Waals surface area contributed by atoms with E-state index in [-0.39, 0.29) is 0 Å². The van der Waals surface area contributed by atoms with Crippen molar-refractivity contribution in [3.8, 4) is 0 Å². The lowest BCUT2D eigenvalue weighted by Crippen LogP contribution is -2.44. The summed E-state index contributed by atoms with van der Waals surface area (Å²) in [6.07, 6.45) is 5.41. The fourth-order valence-corrected chi connectivity index (χ4v) is 4.64. The summed E-state index contributed by atoms with van der Waals surface area (Å²) in [5.74, 6) is 2.02. The molecule has 4 aromatic rings. The van der Waals surface area contributed by atoms with Gasteiger partial charge in [0.1, 0.15) is 22.4 Å². The van der Waals surface area contributed by atoms with Crippen molar-refractivity contribution >= 4 is 57.4 Å². The van der Waals surface area contributed by atoms with Crippen molar-refractivity contribution in [2.45, 2.75) is 11.4 Å². The molecule has 1 saturated heterocycles. The Kier molecular flexibility index (Phi) is 6.28. The smallest absolute Gasteiger partial charge is 0.228 e. The molecule has 11 heteroatoms. The van der Waals surface area contributed by atoms with Gasteiger partial charge in [-0.15, -0.1) is 23.1 Å². The minimum absolute atomic E-state index is 0.578. The van der Waals surface area contributed by atoms with Gasteiger partial charge in [-0.1, -0.05) is 12.1 Å². The lowest BCUT2D eigenvalue weighted by molar-refractivity contribution is 0.581. The zero-order valence-electron chi connectivity index (χ0n) is 17.6. The van der Waals surface area contributed by atoms with Crippen LogP contribution < -0.4 is 20.9 Å². The number of nitrogens with one attached hydrogen (secondary N) is 3. The van der Waals surface area contributed by atoms with Gasteiger partial charge in [-0.25, -0.2) is 19.9 Å². The predicted molar refractivity (Wildman–Crippen MR) is 131 cm³/mol. The molecule has 1 aliphatic rings. The molecule has 0 atom stereocenters. The molecule has 32 heavy (non-hydrogen) atoms. The first kappa shape index (κ1) is 20.9. The number of thioether (sulfide) groups is 1. The van der Waals surface area contributed by atoms with Crippen molar-refractivity contribution in [2.75, 3.05) is 48.0 Å². The normalized spacial score (nSPS) is 14.0. The molecule has 164 valence electrons. The maximum Gasteiger partial charge on any atom is 0.228 e. The Morgan fingerprint density at radius 3 is 2.75 bits per heavy atom. The lowest BCUT2D eigenvalue weighted by Gasteiger charge is -2.28. The summed E-state index contributed by atoms with van der Waals surface area (Å²) in [7, 11) is 0. The first-order valence-electron chi connectivity index (χ1n) is 10.3. The van der Waals surface area contributed by atoms with Gasteiger partial charge in [0.2, 0.25) is 5.95 Å². The van der Waals surface area contributed by atoms with Crippen LogP contribution in [0.1, 0.15) is 5.01 Å². The molecule has 0 saturated carbocycles. The van der Waals surface area contributed by atoms with Crippen molar-refractivity contribution < 1.29 is 0 Å². The molecule has 3 aromatic heterocycles. The zero-order chi connectivity index (χ0) is 21.8. The van der Waals surface area contributed by atoms with Crippen molar-refractivity contribution in [1.82, 2.24) is 30.2 Å². The molecular weight excluding hydrogens is 442 g/mol. The second-order valence-electron chi connectivity index (χ2n) is 7.13. The Hall–Kier alpha value is -3.02. The minimum Gasteiger partial charge on any atom is -0.362 e. The molecule has 0 radical (unpaired) electrons. The van der Waals surface area contributed by atoms with Crippen LogP contribution in [0.25, 0.3) is 11.0 Å². The Bertz CT molecular complexity index is 1190. The average Bonchev–Trinajstić information content (AvgIpc) is 3.37. The van der Waals surface area contributed by atoms with Crippen molar-refractivity contribution in [2.24, 2.45) is 0 Å². The molecule has 1 aliphatic heterocycles. The summed E-state index contributed by atoms with van der Waals surface area (Å²) >= 11 is 3.29. The average molecular weight is 466 g/mol. The summed E-state index contributed by atoms with van der Waals surface area (Å²) in [6.45, 7) is 4.08. The van der Waals surface area contributed by atoms with E-state index in [4.69, 9.17) is 9.97 Å². The molecule has 0 aliphatic carbocycles. The third-order valence-corrected chi connectivity index (χ3v) is 6.70. The summed E-state index contributed by atoms with van der Waals surface area (Å²) in [5.41, 5.74) is 2.36. The first-order valence-corrected chi connectivity index (χ1v) is 12.4. The highest BCUT2D eigenvalue weighted by Gasteiger charge is 2.19. The number of thiazole rings is 1. The van der Waals surface area contributed by atoms with E-state index in [2.05, 4.69) is 48.1 Å². The summed E-state index contributed by atoms with van der Waals surface area (Å²) < 4.78 is 0. The highest BCUT2D eigenvalue weighted by Crippen LogP contribution is 2.32. The second kappa shape index (κ2) is 9.63. The van der Waals surface area contributed by atoms with Gasteiger partial charge >= 0.3 is 0 Å². The molecule has 0 unspecified atom stereocenters. The number of benzene rings is 1. The Balaban J connectivity index is 1.58. The topological polar surface area (TPSA) is 104 Å². The van der Waals surface area contributed by atoms with E-state index in [1.165, 1.54) is 0 Å². The molecule has 0 bridgehead atoms. The van der Waals surface area contributed by atoms with Crippen LogP contribution in [-0.2, 0) is 6.54 Å². The van der Waals surface area contributed by atoms with Gasteiger partial charge in [0.15, 0.2) is 11.6 Å². The molecule has 0 spiro atoms. The summed E-state index contributed by atoms with van der Waals surface area (Å²) in [6, 6.07) is 8.18. The van der Waals surface area contributed by atoms with E-state index < -0.39 is 0 Å². The van der Waals surface area contributed by atoms with Gasteiger partial charge < -0.3 is 20.9 Å². The van der Waals surface area contributed by atoms with Crippen LogP contribution >= 0.6 is 23.1 Å². The standard InChI is InChI=1S/C21H23N9S2/c1-31-15-5-3-2-4-14(15)27-20-17-18(28-21(29-20)30-9-6-22-7-10-30)19(26-13-25-17)24-12-16-23-8-11-32-16/h2-5,8,11,13,22H,6-7,9-10,12H2,1H3,(H,24,25,26)(H,27,28,29). The van der Waals surface area contributed by atoms with Crippen molar-refractivity contribution in [3.63, 3.8) is 0 Å². The Morgan fingerprint density at radius 1 is 1.06 bits per heavy atom. The minimum atomic E-state index is 0.578. The van der Waals surface area contributed by atoms with Gasteiger partial charge in [-0.2, -0.15) is 4.98 Å². The highest BCUT2D eigenvalue weighted by molar-refractivity contribution is 7.98. The first-order chi connectivity index (χ1) is 15.8. The third kappa shape index (κ3) is 4.45. The largest absolute Gasteiger partial charge is 0.362 e. The molecular formula is C21H23N9S2.